The zero-order valence-electron chi connectivity index (χ0n) is 9.44. The Morgan fingerprint density at radius 1 is 1.41 bits per heavy atom. The lowest BCUT2D eigenvalue weighted by molar-refractivity contribution is -0.118. The molecule has 1 aromatic rings. The number of amides is 3. The minimum atomic E-state index is -0.495. The molecule has 0 bridgehead atoms. The number of carbonyl (C=O) groups is 2. The van der Waals surface area contributed by atoms with Crippen LogP contribution in [0.1, 0.15) is 13.3 Å². The summed E-state index contributed by atoms with van der Waals surface area (Å²) >= 11 is 0. The first-order valence-corrected chi connectivity index (χ1v) is 5.44. The molecule has 1 atom stereocenters. The van der Waals surface area contributed by atoms with E-state index in [9.17, 15) is 14.0 Å². The minimum absolute atomic E-state index is 0.0880. The molecule has 1 heterocycles. The van der Waals surface area contributed by atoms with Gasteiger partial charge in [0.1, 0.15) is 5.82 Å². The SMILES string of the molecule is CC1CNC(=O)N(c2cccc(F)c2)C(=O)C1. The number of halogens is 1. The molecular weight excluding hydrogens is 223 g/mol. The van der Waals surface area contributed by atoms with Crippen molar-refractivity contribution in [2.75, 3.05) is 11.4 Å². The molecule has 1 aliphatic rings. The van der Waals surface area contributed by atoms with E-state index in [1.165, 1.54) is 24.3 Å². The first-order valence-electron chi connectivity index (χ1n) is 5.44. The highest BCUT2D eigenvalue weighted by Crippen LogP contribution is 2.20. The summed E-state index contributed by atoms with van der Waals surface area (Å²) in [6.07, 6.45) is 0.273. The number of urea groups is 1. The molecule has 0 spiro atoms. The van der Waals surface area contributed by atoms with Crippen LogP contribution < -0.4 is 10.2 Å². The van der Waals surface area contributed by atoms with Crippen LogP contribution in [0.2, 0.25) is 0 Å². The average Bonchev–Trinajstić information content (AvgIpc) is 2.38. The van der Waals surface area contributed by atoms with Crippen LogP contribution in [-0.2, 0) is 4.79 Å². The van der Waals surface area contributed by atoms with Gasteiger partial charge >= 0.3 is 6.03 Å². The molecule has 1 fully saturated rings. The number of anilines is 1. The molecule has 17 heavy (non-hydrogen) atoms. The Morgan fingerprint density at radius 2 is 2.18 bits per heavy atom. The van der Waals surface area contributed by atoms with Crippen molar-refractivity contribution in [2.45, 2.75) is 13.3 Å². The lowest BCUT2D eigenvalue weighted by Gasteiger charge is -2.18. The van der Waals surface area contributed by atoms with Crippen LogP contribution in [0.25, 0.3) is 0 Å². The van der Waals surface area contributed by atoms with Gasteiger partial charge < -0.3 is 5.32 Å². The Balaban J connectivity index is 2.34. The van der Waals surface area contributed by atoms with Gasteiger partial charge in [-0.15, -0.1) is 0 Å². The number of hydrogen-bond donors (Lipinski definition) is 1. The molecule has 90 valence electrons. The zero-order valence-corrected chi connectivity index (χ0v) is 9.44. The summed E-state index contributed by atoms with van der Waals surface area (Å²) in [5.74, 6) is -0.691. The monoisotopic (exact) mass is 236 g/mol. The number of imide groups is 1. The van der Waals surface area contributed by atoms with Crippen molar-refractivity contribution < 1.29 is 14.0 Å². The predicted octanol–water partition coefficient (Wildman–Crippen LogP) is 1.91. The van der Waals surface area contributed by atoms with E-state index in [1.54, 1.807) is 0 Å². The summed E-state index contributed by atoms with van der Waals surface area (Å²) in [4.78, 5) is 24.6. The van der Waals surface area contributed by atoms with Gasteiger partial charge in [0.25, 0.3) is 0 Å². The van der Waals surface area contributed by atoms with E-state index in [4.69, 9.17) is 0 Å². The Hall–Kier alpha value is -1.91. The van der Waals surface area contributed by atoms with Gasteiger partial charge in [-0.1, -0.05) is 13.0 Å². The topological polar surface area (TPSA) is 49.4 Å². The largest absolute Gasteiger partial charge is 0.337 e. The van der Waals surface area contributed by atoms with E-state index in [0.717, 1.165) is 4.90 Å². The second-order valence-corrected chi connectivity index (χ2v) is 4.20. The van der Waals surface area contributed by atoms with E-state index in [-0.39, 0.29) is 23.9 Å². The third kappa shape index (κ3) is 2.43. The summed E-state index contributed by atoms with van der Waals surface area (Å²) in [7, 11) is 0. The average molecular weight is 236 g/mol. The number of nitrogens with zero attached hydrogens (tertiary/aromatic N) is 1. The molecular formula is C12H13FN2O2. The number of hydrogen-bond acceptors (Lipinski definition) is 2. The van der Waals surface area contributed by atoms with Crippen LogP contribution in [0.5, 0.6) is 0 Å². The molecule has 1 aromatic carbocycles. The fourth-order valence-electron chi connectivity index (χ4n) is 1.79. The smallest absolute Gasteiger partial charge is 0.328 e. The Morgan fingerprint density at radius 3 is 2.88 bits per heavy atom. The fraction of sp³-hybridized carbons (Fsp3) is 0.333. The predicted molar refractivity (Wildman–Crippen MR) is 61.1 cm³/mol. The number of nitrogens with one attached hydrogen (secondary N) is 1. The molecule has 0 radical (unpaired) electrons. The maximum absolute atomic E-state index is 13.1. The Bertz CT molecular complexity index is 462. The third-order valence-electron chi connectivity index (χ3n) is 2.64. The molecule has 3 amide bonds. The fourth-order valence-corrected chi connectivity index (χ4v) is 1.79. The molecule has 1 saturated heterocycles. The van der Waals surface area contributed by atoms with E-state index >= 15 is 0 Å². The molecule has 5 heteroatoms. The van der Waals surface area contributed by atoms with Gasteiger partial charge in [0.05, 0.1) is 5.69 Å². The van der Waals surface area contributed by atoms with Crippen molar-refractivity contribution in [2.24, 2.45) is 5.92 Å². The Kier molecular flexibility index (Phi) is 3.08. The normalized spacial score (nSPS) is 21.1. The highest BCUT2D eigenvalue weighted by atomic mass is 19.1. The van der Waals surface area contributed by atoms with Crippen molar-refractivity contribution in [3.05, 3.63) is 30.1 Å². The maximum Gasteiger partial charge on any atom is 0.328 e. The van der Waals surface area contributed by atoms with Crippen LogP contribution in [0.3, 0.4) is 0 Å². The van der Waals surface area contributed by atoms with Crippen LogP contribution >= 0.6 is 0 Å². The van der Waals surface area contributed by atoms with E-state index in [1.807, 2.05) is 6.92 Å². The van der Waals surface area contributed by atoms with E-state index in [2.05, 4.69) is 5.32 Å². The summed E-state index contributed by atoms with van der Waals surface area (Å²) in [6, 6.07) is 4.96. The zero-order chi connectivity index (χ0) is 12.4. The summed E-state index contributed by atoms with van der Waals surface area (Å²) < 4.78 is 13.1. The van der Waals surface area contributed by atoms with Crippen LogP contribution in [0.15, 0.2) is 24.3 Å². The minimum Gasteiger partial charge on any atom is -0.337 e. The molecule has 1 unspecified atom stereocenters. The first kappa shape index (κ1) is 11.6. The van der Waals surface area contributed by atoms with Crippen molar-refractivity contribution in [1.82, 2.24) is 5.32 Å². The van der Waals surface area contributed by atoms with Crippen molar-refractivity contribution in [3.63, 3.8) is 0 Å². The van der Waals surface area contributed by atoms with Gasteiger partial charge in [-0.05, 0) is 24.1 Å². The molecule has 0 saturated carbocycles. The third-order valence-corrected chi connectivity index (χ3v) is 2.64. The van der Waals surface area contributed by atoms with Gasteiger partial charge in [0.15, 0.2) is 0 Å². The van der Waals surface area contributed by atoms with Crippen molar-refractivity contribution >= 4 is 17.6 Å². The first-order chi connectivity index (χ1) is 8.08. The Labute approximate surface area is 98.4 Å². The number of benzene rings is 1. The highest BCUT2D eigenvalue weighted by molar-refractivity contribution is 6.14. The van der Waals surface area contributed by atoms with Crippen LogP contribution in [-0.4, -0.2) is 18.5 Å². The van der Waals surface area contributed by atoms with Gasteiger partial charge in [-0.25, -0.2) is 14.1 Å². The quantitative estimate of drug-likeness (QED) is 0.809. The van der Waals surface area contributed by atoms with Gasteiger partial charge in [0, 0.05) is 13.0 Å². The van der Waals surface area contributed by atoms with E-state index < -0.39 is 11.8 Å². The lowest BCUT2D eigenvalue weighted by Crippen LogP contribution is -2.41. The molecule has 0 aliphatic carbocycles. The lowest BCUT2D eigenvalue weighted by atomic mass is 10.1. The number of carbonyl (C=O) groups excluding carboxylic acids is 2. The molecule has 1 aliphatic heterocycles. The summed E-state index contributed by atoms with van der Waals surface area (Å²) in [5.41, 5.74) is 0.265. The van der Waals surface area contributed by atoms with Crippen LogP contribution in [0, 0.1) is 11.7 Å². The van der Waals surface area contributed by atoms with Gasteiger partial charge in [-0.2, -0.15) is 0 Å². The van der Waals surface area contributed by atoms with Gasteiger partial charge in [0.2, 0.25) is 5.91 Å². The second-order valence-electron chi connectivity index (χ2n) is 4.20. The second kappa shape index (κ2) is 4.53. The summed E-state index contributed by atoms with van der Waals surface area (Å²) in [6.45, 7) is 2.34. The van der Waals surface area contributed by atoms with Gasteiger partial charge in [-0.3, -0.25) is 4.79 Å². The molecule has 4 nitrogen and oxygen atoms in total. The van der Waals surface area contributed by atoms with E-state index in [0.29, 0.717) is 6.54 Å². The molecule has 2 rings (SSSR count). The standard InChI is InChI=1S/C12H13FN2O2/c1-8-5-11(16)15(12(17)14-7-8)10-4-2-3-9(13)6-10/h2-4,6,8H,5,7H2,1H3,(H,14,17). The molecule has 1 N–H and O–H groups in total. The summed E-state index contributed by atoms with van der Waals surface area (Å²) in [5, 5.41) is 2.64. The molecule has 0 aromatic heterocycles. The van der Waals surface area contributed by atoms with Crippen LogP contribution in [0.4, 0.5) is 14.9 Å². The van der Waals surface area contributed by atoms with Crippen molar-refractivity contribution in [3.8, 4) is 0 Å². The number of rotatable bonds is 1. The highest BCUT2D eigenvalue weighted by Gasteiger charge is 2.28. The van der Waals surface area contributed by atoms with Crippen molar-refractivity contribution in [1.29, 1.82) is 0 Å². The maximum atomic E-state index is 13.1.